The van der Waals surface area contributed by atoms with Crippen molar-refractivity contribution in [3.8, 4) is 5.75 Å². The Hall–Kier alpha value is -1.79. The second-order valence-corrected chi connectivity index (χ2v) is 5.74. The molecule has 2 N–H and O–H groups in total. The number of piperazine rings is 1. The molecule has 0 aromatic heterocycles. The zero-order valence-corrected chi connectivity index (χ0v) is 15.1. The van der Waals surface area contributed by atoms with Crippen molar-refractivity contribution in [1.29, 1.82) is 0 Å². The van der Waals surface area contributed by atoms with Crippen molar-refractivity contribution in [2.24, 2.45) is 5.73 Å². The van der Waals surface area contributed by atoms with Crippen LogP contribution in [-0.2, 0) is 4.79 Å². The molecule has 2 amide bonds. The molecule has 7 heteroatoms. The van der Waals surface area contributed by atoms with Crippen LogP contribution in [0.25, 0.3) is 0 Å². The number of rotatable bonds is 5. The van der Waals surface area contributed by atoms with Crippen LogP contribution in [0.5, 0.6) is 5.75 Å². The van der Waals surface area contributed by atoms with E-state index in [-0.39, 0.29) is 24.2 Å². The van der Waals surface area contributed by atoms with Crippen molar-refractivity contribution < 1.29 is 14.3 Å². The first-order valence-electron chi connectivity index (χ1n) is 8.04. The standard InChI is InChI=1S/C17H25N3O3.ClH/c1-3-4-15(18)17(22)20-11-9-19(10-12-20)16(21)13-5-7-14(23-2)8-6-13;/h5-8,15H,3-4,9-12,18H2,1-2H3;1H. The van der Waals surface area contributed by atoms with E-state index in [4.69, 9.17) is 10.5 Å². The molecule has 6 nitrogen and oxygen atoms in total. The number of amides is 2. The van der Waals surface area contributed by atoms with E-state index in [0.717, 1.165) is 12.2 Å². The predicted molar refractivity (Wildman–Crippen MR) is 95.6 cm³/mol. The molecular weight excluding hydrogens is 330 g/mol. The number of methoxy groups -OCH3 is 1. The van der Waals surface area contributed by atoms with Crippen LogP contribution >= 0.6 is 12.4 Å². The van der Waals surface area contributed by atoms with E-state index < -0.39 is 6.04 Å². The number of hydrogen-bond acceptors (Lipinski definition) is 4. The fourth-order valence-electron chi connectivity index (χ4n) is 2.72. The van der Waals surface area contributed by atoms with E-state index in [0.29, 0.717) is 38.2 Å². The third-order valence-corrected chi connectivity index (χ3v) is 4.13. The molecule has 1 unspecified atom stereocenters. The SMILES string of the molecule is CCCC(N)C(=O)N1CCN(C(=O)c2ccc(OC)cc2)CC1.Cl. The van der Waals surface area contributed by atoms with E-state index in [9.17, 15) is 9.59 Å². The topological polar surface area (TPSA) is 75.9 Å². The Labute approximate surface area is 149 Å². The normalized spacial score (nSPS) is 15.5. The maximum absolute atomic E-state index is 12.5. The van der Waals surface area contributed by atoms with Gasteiger partial charge in [0.1, 0.15) is 5.75 Å². The van der Waals surface area contributed by atoms with Gasteiger partial charge in [0.2, 0.25) is 5.91 Å². The summed E-state index contributed by atoms with van der Waals surface area (Å²) in [5.74, 6) is 0.697. The maximum atomic E-state index is 12.5. The molecule has 1 aliphatic heterocycles. The predicted octanol–water partition coefficient (Wildman–Crippen LogP) is 1.53. The van der Waals surface area contributed by atoms with Crippen LogP contribution in [0.15, 0.2) is 24.3 Å². The summed E-state index contributed by atoms with van der Waals surface area (Å²) in [5.41, 5.74) is 6.52. The molecular formula is C17H26ClN3O3. The van der Waals surface area contributed by atoms with Crippen molar-refractivity contribution in [2.75, 3.05) is 33.3 Å². The van der Waals surface area contributed by atoms with E-state index >= 15 is 0 Å². The Kier molecular flexibility index (Phi) is 8.01. The molecule has 134 valence electrons. The zero-order chi connectivity index (χ0) is 16.8. The molecule has 1 aromatic rings. The molecule has 2 rings (SSSR count). The number of hydrogen-bond donors (Lipinski definition) is 1. The summed E-state index contributed by atoms with van der Waals surface area (Å²) in [5, 5.41) is 0. The minimum absolute atomic E-state index is 0. The van der Waals surface area contributed by atoms with Gasteiger partial charge < -0.3 is 20.3 Å². The minimum Gasteiger partial charge on any atom is -0.497 e. The summed E-state index contributed by atoms with van der Waals surface area (Å²) in [7, 11) is 1.59. The summed E-state index contributed by atoms with van der Waals surface area (Å²) < 4.78 is 5.10. The summed E-state index contributed by atoms with van der Waals surface area (Å²) in [4.78, 5) is 28.2. The van der Waals surface area contributed by atoms with E-state index in [1.54, 1.807) is 41.2 Å². The quantitative estimate of drug-likeness (QED) is 0.869. The number of carbonyl (C=O) groups is 2. The third-order valence-electron chi connectivity index (χ3n) is 4.13. The number of ether oxygens (including phenoxy) is 1. The number of benzene rings is 1. The molecule has 24 heavy (non-hydrogen) atoms. The van der Waals surface area contributed by atoms with Gasteiger partial charge >= 0.3 is 0 Å². The van der Waals surface area contributed by atoms with Gasteiger partial charge in [0.25, 0.3) is 5.91 Å². The summed E-state index contributed by atoms with van der Waals surface area (Å²) in [6.45, 7) is 4.17. The highest BCUT2D eigenvalue weighted by Gasteiger charge is 2.27. The van der Waals surface area contributed by atoms with Crippen LogP contribution in [0, 0.1) is 0 Å². The zero-order valence-electron chi connectivity index (χ0n) is 14.2. The van der Waals surface area contributed by atoms with Gasteiger partial charge in [-0.25, -0.2) is 0 Å². The van der Waals surface area contributed by atoms with Gasteiger partial charge in [0.15, 0.2) is 0 Å². The summed E-state index contributed by atoms with van der Waals surface area (Å²) in [6, 6.07) is 6.64. The Balaban J connectivity index is 0.00000288. The van der Waals surface area contributed by atoms with Crippen molar-refractivity contribution in [3.63, 3.8) is 0 Å². The first kappa shape index (κ1) is 20.3. The molecule has 1 aliphatic rings. The second-order valence-electron chi connectivity index (χ2n) is 5.74. The Morgan fingerprint density at radius 1 is 1.12 bits per heavy atom. The van der Waals surface area contributed by atoms with Crippen molar-refractivity contribution in [3.05, 3.63) is 29.8 Å². The number of halogens is 1. The first-order chi connectivity index (χ1) is 11.1. The van der Waals surface area contributed by atoms with E-state index in [2.05, 4.69) is 0 Å². The van der Waals surface area contributed by atoms with Gasteiger partial charge in [0, 0.05) is 31.7 Å². The second kappa shape index (κ2) is 9.49. The lowest BCUT2D eigenvalue weighted by Crippen LogP contribution is -2.54. The first-order valence-corrected chi connectivity index (χ1v) is 8.04. The monoisotopic (exact) mass is 355 g/mol. The number of nitrogens with zero attached hydrogens (tertiary/aromatic N) is 2. The Bertz CT molecular complexity index is 543. The van der Waals surface area contributed by atoms with Gasteiger partial charge in [-0.05, 0) is 30.7 Å². The molecule has 0 aliphatic carbocycles. The Morgan fingerprint density at radius 2 is 1.67 bits per heavy atom. The smallest absolute Gasteiger partial charge is 0.253 e. The van der Waals surface area contributed by atoms with E-state index in [1.165, 1.54) is 0 Å². The highest BCUT2D eigenvalue weighted by Crippen LogP contribution is 2.14. The average Bonchev–Trinajstić information content (AvgIpc) is 2.61. The molecule has 1 aromatic carbocycles. The highest BCUT2D eigenvalue weighted by molar-refractivity contribution is 5.94. The molecule has 0 spiro atoms. The Morgan fingerprint density at radius 3 is 2.17 bits per heavy atom. The van der Waals surface area contributed by atoms with Crippen LogP contribution in [0.1, 0.15) is 30.1 Å². The van der Waals surface area contributed by atoms with Gasteiger partial charge in [-0.1, -0.05) is 13.3 Å². The lowest BCUT2D eigenvalue weighted by atomic mass is 10.1. The highest BCUT2D eigenvalue weighted by atomic mass is 35.5. The fourth-order valence-corrected chi connectivity index (χ4v) is 2.72. The fraction of sp³-hybridized carbons (Fsp3) is 0.529. The molecule has 0 saturated carbocycles. The molecule has 1 atom stereocenters. The minimum atomic E-state index is -0.427. The number of nitrogens with two attached hydrogens (primary N) is 1. The number of carbonyl (C=O) groups excluding carboxylic acids is 2. The van der Waals surface area contributed by atoms with Crippen molar-refractivity contribution in [1.82, 2.24) is 9.80 Å². The summed E-state index contributed by atoms with van der Waals surface area (Å²) >= 11 is 0. The van der Waals surface area contributed by atoms with Crippen molar-refractivity contribution >= 4 is 24.2 Å². The lowest BCUT2D eigenvalue weighted by molar-refractivity contribution is -0.134. The summed E-state index contributed by atoms with van der Waals surface area (Å²) in [6.07, 6.45) is 1.59. The molecule has 0 bridgehead atoms. The van der Waals surface area contributed by atoms with Crippen LogP contribution in [0.4, 0.5) is 0 Å². The largest absolute Gasteiger partial charge is 0.497 e. The van der Waals surface area contributed by atoms with E-state index in [1.807, 2.05) is 6.92 Å². The lowest BCUT2D eigenvalue weighted by Gasteiger charge is -2.36. The third kappa shape index (κ3) is 4.85. The molecule has 1 fully saturated rings. The maximum Gasteiger partial charge on any atom is 0.253 e. The molecule has 0 radical (unpaired) electrons. The van der Waals surface area contributed by atoms with Gasteiger partial charge in [-0.3, -0.25) is 9.59 Å². The van der Waals surface area contributed by atoms with Crippen LogP contribution < -0.4 is 10.5 Å². The molecule has 1 saturated heterocycles. The van der Waals surface area contributed by atoms with Gasteiger partial charge in [0.05, 0.1) is 13.2 Å². The van der Waals surface area contributed by atoms with Crippen LogP contribution in [-0.4, -0.2) is 60.9 Å². The van der Waals surface area contributed by atoms with Crippen LogP contribution in [0.3, 0.4) is 0 Å². The van der Waals surface area contributed by atoms with Crippen LogP contribution in [0.2, 0.25) is 0 Å². The van der Waals surface area contributed by atoms with Gasteiger partial charge in [-0.15, -0.1) is 12.4 Å². The average molecular weight is 356 g/mol. The van der Waals surface area contributed by atoms with Crippen molar-refractivity contribution in [2.45, 2.75) is 25.8 Å². The van der Waals surface area contributed by atoms with Gasteiger partial charge in [-0.2, -0.15) is 0 Å². The molecule has 1 heterocycles.